The molecule has 8 heteroatoms. The normalized spacial score (nSPS) is 14.8. The van der Waals surface area contributed by atoms with Crippen LogP contribution in [0.5, 0.6) is 5.75 Å². The Morgan fingerprint density at radius 1 is 1.11 bits per heavy atom. The lowest BCUT2D eigenvalue weighted by Crippen LogP contribution is -2.51. The smallest absolute Gasteiger partial charge is 0.234 e. The van der Waals surface area contributed by atoms with E-state index in [0.717, 1.165) is 6.42 Å². The van der Waals surface area contributed by atoms with Crippen LogP contribution in [0.3, 0.4) is 0 Å². The number of ether oxygens (including phenoxy) is 2. The molecule has 1 aromatic carbocycles. The molecule has 2 amide bonds. The summed E-state index contributed by atoms with van der Waals surface area (Å²) in [6.45, 7) is 4.65. The molecule has 1 N–H and O–H groups in total. The predicted octanol–water partition coefficient (Wildman–Crippen LogP) is 1.41. The number of hydrogen-bond donors (Lipinski definition) is 1. The minimum Gasteiger partial charge on any atom is -0.493 e. The van der Waals surface area contributed by atoms with E-state index in [1.165, 1.54) is 0 Å². The molecule has 2 rings (SSSR count). The number of nitrogens with zero attached hydrogens (tertiary/aromatic N) is 2. The van der Waals surface area contributed by atoms with Gasteiger partial charge in [0.2, 0.25) is 11.8 Å². The third-order valence-corrected chi connectivity index (χ3v) is 4.59. The van der Waals surface area contributed by atoms with Crippen molar-refractivity contribution in [3.05, 3.63) is 29.3 Å². The predicted molar refractivity (Wildman–Crippen MR) is 104 cm³/mol. The maximum atomic E-state index is 12.3. The Bertz CT molecular complexity index is 589. The van der Waals surface area contributed by atoms with Gasteiger partial charge < -0.3 is 19.7 Å². The van der Waals surface area contributed by atoms with Gasteiger partial charge in [-0.3, -0.25) is 14.5 Å². The average Bonchev–Trinajstić information content (AvgIpc) is 2.67. The Balaban J connectivity index is 1.59. The van der Waals surface area contributed by atoms with Crippen LogP contribution in [0.15, 0.2) is 24.3 Å². The van der Waals surface area contributed by atoms with Crippen molar-refractivity contribution in [1.82, 2.24) is 15.1 Å². The van der Waals surface area contributed by atoms with Crippen molar-refractivity contribution < 1.29 is 19.1 Å². The van der Waals surface area contributed by atoms with Gasteiger partial charge in [-0.1, -0.05) is 11.6 Å². The molecule has 1 fully saturated rings. The maximum absolute atomic E-state index is 12.3. The van der Waals surface area contributed by atoms with Gasteiger partial charge in [-0.05, 0) is 30.7 Å². The number of benzene rings is 1. The highest BCUT2D eigenvalue weighted by Gasteiger charge is 2.22. The molecule has 0 aliphatic carbocycles. The van der Waals surface area contributed by atoms with Gasteiger partial charge >= 0.3 is 0 Å². The van der Waals surface area contributed by atoms with E-state index < -0.39 is 0 Å². The van der Waals surface area contributed by atoms with Crippen molar-refractivity contribution in [3.8, 4) is 5.75 Å². The third-order valence-electron chi connectivity index (χ3n) is 4.34. The molecular weight excluding hydrogens is 370 g/mol. The van der Waals surface area contributed by atoms with Gasteiger partial charge in [0, 0.05) is 51.5 Å². The molecule has 150 valence electrons. The second-order valence-corrected chi connectivity index (χ2v) is 6.84. The molecular formula is C19H28ClN3O4. The molecule has 0 radical (unpaired) electrons. The van der Waals surface area contributed by atoms with E-state index in [9.17, 15) is 9.59 Å². The quantitative estimate of drug-likeness (QED) is 0.604. The summed E-state index contributed by atoms with van der Waals surface area (Å²) in [4.78, 5) is 28.1. The minimum absolute atomic E-state index is 0.0160. The standard InChI is InChI=1S/C19H28ClN3O4/c1-26-13-2-8-21-18(24)15-22-9-11-23(12-10-22)19(25)7-14-27-17-5-3-16(20)4-6-17/h3-6H,2,7-15H2,1H3,(H,21,24). The van der Waals surface area contributed by atoms with Crippen LogP contribution in [0.1, 0.15) is 12.8 Å². The molecule has 1 saturated heterocycles. The van der Waals surface area contributed by atoms with Gasteiger partial charge in [0.1, 0.15) is 5.75 Å². The molecule has 0 bridgehead atoms. The molecule has 27 heavy (non-hydrogen) atoms. The second-order valence-electron chi connectivity index (χ2n) is 6.41. The molecule has 0 saturated carbocycles. The Labute approximate surface area is 165 Å². The first-order chi connectivity index (χ1) is 13.1. The van der Waals surface area contributed by atoms with Gasteiger partial charge in [-0.2, -0.15) is 0 Å². The fourth-order valence-corrected chi connectivity index (χ4v) is 2.93. The molecule has 0 spiro atoms. The van der Waals surface area contributed by atoms with Crippen molar-refractivity contribution in [3.63, 3.8) is 0 Å². The summed E-state index contributed by atoms with van der Waals surface area (Å²) in [5.74, 6) is 0.795. The number of amides is 2. The summed E-state index contributed by atoms with van der Waals surface area (Å²) in [6, 6.07) is 7.08. The number of hydrogen-bond acceptors (Lipinski definition) is 5. The van der Waals surface area contributed by atoms with E-state index >= 15 is 0 Å². The Morgan fingerprint density at radius 2 is 1.81 bits per heavy atom. The van der Waals surface area contributed by atoms with Crippen LogP contribution < -0.4 is 10.1 Å². The molecule has 1 aliphatic rings. The van der Waals surface area contributed by atoms with Gasteiger partial charge in [0.15, 0.2) is 0 Å². The average molecular weight is 398 g/mol. The fraction of sp³-hybridized carbons (Fsp3) is 0.579. The summed E-state index contributed by atoms with van der Waals surface area (Å²) in [6.07, 6.45) is 1.14. The summed E-state index contributed by atoms with van der Waals surface area (Å²) in [5.41, 5.74) is 0. The first-order valence-corrected chi connectivity index (χ1v) is 9.60. The van der Waals surface area contributed by atoms with E-state index in [0.29, 0.717) is 69.7 Å². The summed E-state index contributed by atoms with van der Waals surface area (Å²) in [5, 5.41) is 3.53. The molecule has 1 heterocycles. The number of nitrogens with one attached hydrogen (secondary N) is 1. The maximum Gasteiger partial charge on any atom is 0.234 e. The van der Waals surface area contributed by atoms with E-state index in [-0.39, 0.29) is 11.8 Å². The highest BCUT2D eigenvalue weighted by Crippen LogP contribution is 2.15. The molecule has 0 atom stereocenters. The van der Waals surface area contributed by atoms with Crippen LogP contribution >= 0.6 is 11.6 Å². The number of carbonyl (C=O) groups is 2. The van der Waals surface area contributed by atoms with E-state index in [4.69, 9.17) is 21.1 Å². The summed E-state index contributed by atoms with van der Waals surface area (Å²) in [7, 11) is 1.65. The first-order valence-electron chi connectivity index (χ1n) is 9.22. The van der Waals surface area contributed by atoms with Gasteiger partial charge in [0.05, 0.1) is 19.6 Å². The number of rotatable bonds is 10. The van der Waals surface area contributed by atoms with Crippen LogP contribution in [0.2, 0.25) is 5.02 Å². The largest absolute Gasteiger partial charge is 0.493 e. The lowest BCUT2D eigenvalue weighted by molar-refractivity contribution is -0.133. The van der Waals surface area contributed by atoms with Gasteiger partial charge in [0.25, 0.3) is 0 Å². The molecule has 1 aromatic rings. The molecule has 7 nitrogen and oxygen atoms in total. The number of piperazine rings is 1. The van der Waals surface area contributed by atoms with Crippen LogP contribution in [-0.2, 0) is 14.3 Å². The van der Waals surface area contributed by atoms with Crippen LogP contribution in [0.25, 0.3) is 0 Å². The van der Waals surface area contributed by atoms with E-state index in [1.807, 2.05) is 4.90 Å². The van der Waals surface area contributed by atoms with Crippen molar-refractivity contribution in [2.24, 2.45) is 0 Å². The van der Waals surface area contributed by atoms with Crippen LogP contribution in [0, 0.1) is 0 Å². The number of halogens is 1. The molecule has 1 aliphatic heterocycles. The Morgan fingerprint density at radius 3 is 2.48 bits per heavy atom. The topological polar surface area (TPSA) is 71.1 Å². The molecule has 0 aromatic heterocycles. The van der Waals surface area contributed by atoms with Crippen molar-refractivity contribution >= 4 is 23.4 Å². The monoisotopic (exact) mass is 397 g/mol. The van der Waals surface area contributed by atoms with Crippen LogP contribution in [0.4, 0.5) is 0 Å². The minimum atomic E-state index is 0.0160. The lowest BCUT2D eigenvalue weighted by atomic mass is 10.2. The zero-order chi connectivity index (χ0) is 19.5. The third kappa shape index (κ3) is 8.15. The molecule has 0 unspecified atom stereocenters. The highest BCUT2D eigenvalue weighted by atomic mass is 35.5. The van der Waals surface area contributed by atoms with Gasteiger partial charge in [-0.15, -0.1) is 0 Å². The number of carbonyl (C=O) groups excluding carboxylic acids is 2. The Hall–Kier alpha value is -1.83. The summed E-state index contributed by atoms with van der Waals surface area (Å²) < 4.78 is 10.5. The van der Waals surface area contributed by atoms with Gasteiger partial charge in [-0.25, -0.2) is 0 Å². The first kappa shape index (κ1) is 21.5. The Kier molecular flexibility index (Phi) is 9.38. The lowest BCUT2D eigenvalue weighted by Gasteiger charge is -2.34. The van der Waals surface area contributed by atoms with Crippen molar-refractivity contribution in [2.45, 2.75) is 12.8 Å². The zero-order valence-electron chi connectivity index (χ0n) is 15.8. The van der Waals surface area contributed by atoms with E-state index in [1.54, 1.807) is 31.4 Å². The highest BCUT2D eigenvalue weighted by molar-refractivity contribution is 6.30. The zero-order valence-corrected chi connectivity index (χ0v) is 16.5. The number of methoxy groups -OCH3 is 1. The summed E-state index contributed by atoms with van der Waals surface area (Å²) >= 11 is 5.83. The van der Waals surface area contributed by atoms with Crippen molar-refractivity contribution in [2.75, 3.05) is 59.6 Å². The second kappa shape index (κ2) is 11.8. The van der Waals surface area contributed by atoms with E-state index in [2.05, 4.69) is 10.2 Å². The van der Waals surface area contributed by atoms with Crippen LogP contribution in [-0.4, -0.2) is 81.2 Å². The van der Waals surface area contributed by atoms with Crippen molar-refractivity contribution in [1.29, 1.82) is 0 Å². The SMILES string of the molecule is COCCCNC(=O)CN1CCN(C(=O)CCOc2ccc(Cl)cc2)CC1. The fourth-order valence-electron chi connectivity index (χ4n) is 2.80.